The third kappa shape index (κ3) is 1.38. The van der Waals surface area contributed by atoms with Crippen LogP contribution in [0.5, 0.6) is 0 Å². The molecule has 0 spiro atoms. The van der Waals surface area contributed by atoms with Crippen molar-refractivity contribution in [2.24, 2.45) is 0 Å². The van der Waals surface area contributed by atoms with Gasteiger partial charge in [0.2, 0.25) is 0 Å². The van der Waals surface area contributed by atoms with Crippen molar-refractivity contribution in [3.05, 3.63) is 18.5 Å². The quantitative estimate of drug-likeness (QED) is 0.556. The molecule has 0 fully saturated rings. The number of aryl methyl sites for hydroxylation is 2. The van der Waals surface area contributed by atoms with E-state index in [-0.39, 0.29) is 0 Å². The normalized spacial score (nSPS) is 10.2. The molecule has 2 heteroatoms. The summed E-state index contributed by atoms with van der Waals surface area (Å²) in [5.41, 5.74) is 0. The first-order valence-electron chi connectivity index (χ1n) is 3.93. The van der Waals surface area contributed by atoms with Gasteiger partial charge in [-0.3, -0.25) is 0 Å². The van der Waals surface area contributed by atoms with Crippen molar-refractivity contribution in [2.45, 2.75) is 33.4 Å². The van der Waals surface area contributed by atoms with Crippen molar-refractivity contribution in [1.29, 1.82) is 0 Å². The van der Waals surface area contributed by atoms with Gasteiger partial charge in [-0.05, 0) is 6.92 Å². The summed E-state index contributed by atoms with van der Waals surface area (Å²) in [4.78, 5) is 0. The van der Waals surface area contributed by atoms with Crippen molar-refractivity contribution >= 4 is 0 Å². The van der Waals surface area contributed by atoms with Gasteiger partial charge in [0, 0.05) is 12.5 Å². The van der Waals surface area contributed by atoms with E-state index in [0.717, 1.165) is 13.1 Å². The highest BCUT2D eigenvalue weighted by molar-refractivity contribution is 4.70. The van der Waals surface area contributed by atoms with E-state index in [2.05, 4.69) is 41.7 Å². The van der Waals surface area contributed by atoms with Gasteiger partial charge in [-0.2, -0.15) is 4.68 Å². The molecule has 1 aromatic heterocycles. The standard InChI is InChI=1S/C8H15N2/c1-3-6-10-8-5-7-9(10)4-2/h5,7-8H,3-4,6H2,1-2H3/q+1. The van der Waals surface area contributed by atoms with E-state index in [1.165, 1.54) is 6.42 Å². The Labute approximate surface area is 62.1 Å². The lowest BCUT2D eigenvalue weighted by atomic mass is 10.5. The Balaban J connectivity index is 2.70. The van der Waals surface area contributed by atoms with E-state index < -0.39 is 0 Å². The molecule has 10 heavy (non-hydrogen) atoms. The monoisotopic (exact) mass is 139 g/mol. The summed E-state index contributed by atoms with van der Waals surface area (Å²) >= 11 is 0. The van der Waals surface area contributed by atoms with Crippen molar-refractivity contribution < 1.29 is 4.68 Å². The predicted molar refractivity (Wildman–Crippen MR) is 40.6 cm³/mol. The molecule has 1 heterocycles. The molecule has 0 unspecified atom stereocenters. The molecule has 0 N–H and O–H groups in total. The largest absolute Gasteiger partial charge is 0.195 e. The molecule has 0 aromatic carbocycles. The average molecular weight is 139 g/mol. The van der Waals surface area contributed by atoms with Gasteiger partial charge in [0.15, 0.2) is 12.7 Å². The molecule has 56 valence electrons. The summed E-state index contributed by atoms with van der Waals surface area (Å²) in [6, 6.07) is 2.08. The average Bonchev–Trinajstić information content (AvgIpc) is 2.36. The second-order valence-electron chi connectivity index (χ2n) is 2.41. The van der Waals surface area contributed by atoms with E-state index in [0.29, 0.717) is 0 Å². The molecule has 0 radical (unpaired) electrons. The van der Waals surface area contributed by atoms with Gasteiger partial charge in [-0.1, -0.05) is 6.92 Å². The Morgan fingerprint density at radius 1 is 1.40 bits per heavy atom. The lowest BCUT2D eigenvalue weighted by molar-refractivity contribution is -0.775. The Hall–Kier alpha value is -0.790. The van der Waals surface area contributed by atoms with Crippen molar-refractivity contribution in [1.82, 2.24) is 4.68 Å². The topological polar surface area (TPSA) is 8.81 Å². The second kappa shape index (κ2) is 3.40. The van der Waals surface area contributed by atoms with Crippen LogP contribution in [0.15, 0.2) is 18.5 Å². The first-order chi connectivity index (χ1) is 4.88. The Morgan fingerprint density at radius 3 is 2.80 bits per heavy atom. The molecule has 0 saturated carbocycles. The molecule has 1 aromatic rings. The van der Waals surface area contributed by atoms with Gasteiger partial charge in [0.25, 0.3) is 0 Å². The van der Waals surface area contributed by atoms with Crippen molar-refractivity contribution in [3.63, 3.8) is 0 Å². The smallest absolute Gasteiger partial charge is 0.161 e. The SMILES string of the molecule is CCC[n+]1cccn1CC. The van der Waals surface area contributed by atoms with Gasteiger partial charge in [-0.15, -0.1) is 4.68 Å². The molecule has 0 atom stereocenters. The molecule has 0 amide bonds. The molecular weight excluding hydrogens is 124 g/mol. The van der Waals surface area contributed by atoms with Crippen molar-refractivity contribution in [2.75, 3.05) is 0 Å². The highest BCUT2D eigenvalue weighted by Gasteiger charge is 2.01. The zero-order valence-electron chi connectivity index (χ0n) is 6.75. The lowest BCUT2D eigenvalue weighted by Gasteiger charge is -1.95. The zero-order valence-corrected chi connectivity index (χ0v) is 6.75. The Morgan fingerprint density at radius 2 is 2.20 bits per heavy atom. The molecule has 0 saturated heterocycles. The fourth-order valence-corrected chi connectivity index (χ4v) is 1.13. The van der Waals surface area contributed by atoms with Gasteiger partial charge >= 0.3 is 0 Å². The van der Waals surface area contributed by atoms with Gasteiger partial charge in [0.05, 0.1) is 12.7 Å². The molecule has 0 aliphatic rings. The minimum absolute atomic E-state index is 1.06. The summed E-state index contributed by atoms with van der Waals surface area (Å²) in [7, 11) is 0. The van der Waals surface area contributed by atoms with E-state index in [1.807, 2.05) is 0 Å². The summed E-state index contributed by atoms with van der Waals surface area (Å²) < 4.78 is 4.45. The third-order valence-corrected chi connectivity index (χ3v) is 1.62. The first-order valence-corrected chi connectivity index (χ1v) is 3.93. The lowest BCUT2D eigenvalue weighted by Crippen LogP contribution is -2.41. The zero-order chi connectivity index (χ0) is 7.40. The second-order valence-corrected chi connectivity index (χ2v) is 2.41. The predicted octanol–water partition coefficient (Wildman–Crippen LogP) is 1.21. The minimum atomic E-state index is 1.06. The van der Waals surface area contributed by atoms with Crippen LogP contribution in [0.3, 0.4) is 0 Å². The van der Waals surface area contributed by atoms with Crippen LogP contribution in [0.4, 0.5) is 0 Å². The van der Waals surface area contributed by atoms with Gasteiger partial charge in [0.1, 0.15) is 0 Å². The fraction of sp³-hybridized carbons (Fsp3) is 0.625. The number of hydrogen-bond donors (Lipinski definition) is 0. The van der Waals surface area contributed by atoms with Crippen LogP contribution in [-0.4, -0.2) is 4.68 Å². The number of nitrogens with zero attached hydrogens (tertiary/aromatic N) is 2. The number of hydrogen-bond acceptors (Lipinski definition) is 0. The van der Waals surface area contributed by atoms with Crippen molar-refractivity contribution in [3.8, 4) is 0 Å². The van der Waals surface area contributed by atoms with Crippen LogP contribution in [0.1, 0.15) is 20.3 Å². The van der Waals surface area contributed by atoms with E-state index >= 15 is 0 Å². The van der Waals surface area contributed by atoms with Crippen LogP contribution in [0, 0.1) is 0 Å². The van der Waals surface area contributed by atoms with E-state index in [1.54, 1.807) is 0 Å². The third-order valence-electron chi connectivity index (χ3n) is 1.62. The summed E-state index contributed by atoms with van der Waals surface area (Å²) in [6.45, 7) is 6.54. The molecule has 1 rings (SSSR count). The van der Waals surface area contributed by atoms with E-state index in [9.17, 15) is 0 Å². The van der Waals surface area contributed by atoms with Gasteiger partial charge < -0.3 is 0 Å². The maximum Gasteiger partial charge on any atom is 0.195 e. The van der Waals surface area contributed by atoms with Crippen LogP contribution in [-0.2, 0) is 13.1 Å². The molecule has 0 bridgehead atoms. The van der Waals surface area contributed by atoms with Gasteiger partial charge in [-0.25, -0.2) is 0 Å². The highest BCUT2D eigenvalue weighted by atomic mass is 15.4. The number of rotatable bonds is 3. The molecule has 0 aliphatic heterocycles. The molecule has 2 nitrogen and oxygen atoms in total. The first kappa shape index (κ1) is 7.32. The minimum Gasteiger partial charge on any atom is -0.161 e. The Bertz CT molecular complexity index is 191. The summed E-state index contributed by atoms with van der Waals surface area (Å²) in [5.74, 6) is 0. The molecular formula is C8H15N2+. The van der Waals surface area contributed by atoms with E-state index in [4.69, 9.17) is 0 Å². The van der Waals surface area contributed by atoms with Crippen LogP contribution >= 0.6 is 0 Å². The Kier molecular flexibility index (Phi) is 2.49. The van der Waals surface area contributed by atoms with Crippen LogP contribution < -0.4 is 4.68 Å². The van der Waals surface area contributed by atoms with Crippen LogP contribution in [0.2, 0.25) is 0 Å². The summed E-state index contributed by atoms with van der Waals surface area (Å²) in [5, 5.41) is 0. The number of aromatic nitrogens is 2. The highest BCUT2D eigenvalue weighted by Crippen LogP contribution is 1.83. The fourth-order valence-electron chi connectivity index (χ4n) is 1.13. The summed E-state index contributed by atoms with van der Waals surface area (Å²) in [6.07, 6.45) is 5.43. The maximum atomic E-state index is 2.24. The maximum absolute atomic E-state index is 2.24. The van der Waals surface area contributed by atoms with Crippen LogP contribution in [0.25, 0.3) is 0 Å². The molecule has 0 aliphatic carbocycles.